The third kappa shape index (κ3) is 6.39. The highest BCUT2D eigenvalue weighted by molar-refractivity contribution is 6.75. The lowest BCUT2D eigenvalue weighted by molar-refractivity contribution is -0.00532. The summed E-state index contributed by atoms with van der Waals surface area (Å²) in [4.78, 5) is 0. The SMILES string of the molecule is C=C(C)[C@@H]1CC/C(=C\OC)C[C@H]1c1c(O[Si](C)(C)C(C)(C)C)cc(C23CC4CC(CC(C4)C2)C3)cc1O[Si](C)(C)C(C)(C)C. The van der Waals surface area contributed by atoms with Gasteiger partial charge in [-0.2, -0.15) is 0 Å². The van der Waals surface area contributed by atoms with E-state index in [1.165, 1.54) is 60.8 Å². The second kappa shape index (κ2) is 11.7. The van der Waals surface area contributed by atoms with Crippen molar-refractivity contribution >= 4 is 16.6 Å². The first-order valence-electron chi connectivity index (χ1n) is 17.7. The molecule has 0 saturated heterocycles. The number of benzene rings is 1. The number of hydrogen-bond acceptors (Lipinski definition) is 3. The Labute approximate surface area is 272 Å². The molecule has 1 aromatic rings. The van der Waals surface area contributed by atoms with Gasteiger partial charge < -0.3 is 13.6 Å². The summed E-state index contributed by atoms with van der Waals surface area (Å²) in [5.74, 6) is 5.56. The van der Waals surface area contributed by atoms with E-state index in [1.807, 2.05) is 6.26 Å². The quantitative estimate of drug-likeness (QED) is 0.161. The second-order valence-electron chi connectivity index (χ2n) is 18.6. The molecule has 0 radical (unpaired) electrons. The maximum atomic E-state index is 7.51. The molecule has 4 bridgehead atoms. The largest absolute Gasteiger partial charge is 0.543 e. The zero-order chi connectivity index (χ0) is 32.5. The summed E-state index contributed by atoms with van der Waals surface area (Å²) >= 11 is 0. The van der Waals surface area contributed by atoms with Crippen molar-refractivity contribution in [3.63, 3.8) is 0 Å². The van der Waals surface area contributed by atoms with Crippen LogP contribution in [0, 0.1) is 23.7 Å². The van der Waals surface area contributed by atoms with E-state index in [-0.39, 0.29) is 21.4 Å². The Kier molecular flexibility index (Phi) is 8.97. The average molecular weight is 637 g/mol. The number of methoxy groups -OCH3 is 1. The Morgan fingerprint density at radius 2 is 1.30 bits per heavy atom. The van der Waals surface area contributed by atoms with Crippen molar-refractivity contribution in [1.29, 1.82) is 0 Å². The molecule has 0 spiro atoms. The van der Waals surface area contributed by atoms with Crippen molar-refractivity contribution < 1.29 is 13.6 Å². The lowest BCUT2D eigenvalue weighted by atomic mass is 9.48. The molecule has 1 aromatic carbocycles. The molecule has 6 rings (SSSR count). The monoisotopic (exact) mass is 636 g/mol. The van der Waals surface area contributed by atoms with Gasteiger partial charge in [0.15, 0.2) is 0 Å². The van der Waals surface area contributed by atoms with Crippen LogP contribution in [0.1, 0.15) is 123 Å². The smallest absolute Gasteiger partial charge is 0.250 e. The highest BCUT2D eigenvalue weighted by Crippen LogP contribution is 2.62. The van der Waals surface area contributed by atoms with Crippen LogP contribution in [-0.2, 0) is 10.2 Å². The minimum absolute atomic E-state index is 0.100. The summed E-state index contributed by atoms with van der Waals surface area (Å²) in [6.07, 6.45) is 13.5. The van der Waals surface area contributed by atoms with Crippen LogP contribution in [0.5, 0.6) is 11.5 Å². The first kappa shape index (κ1) is 33.9. The normalized spacial score (nSPS) is 31.7. The molecule has 5 saturated carbocycles. The van der Waals surface area contributed by atoms with Crippen LogP contribution in [-0.4, -0.2) is 23.7 Å². The van der Waals surface area contributed by atoms with Crippen LogP contribution < -0.4 is 8.85 Å². The predicted octanol–water partition coefficient (Wildman–Crippen LogP) is 11.9. The van der Waals surface area contributed by atoms with Crippen LogP contribution in [0.4, 0.5) is 0 Å². The molecule has 5 aliphatic rings. The number of ether oxygens (including phenoxy) is 1. The predicted molar refractivity (Wildman–Crippen MR) is 192 cm³/mol. The van der Waals surface area contributed by atoms with E-state index in [1.54, 1.807) is 7.11 Å². The van der Waals surface area contributed by atoms with Gasteiger partial charge in [0, 0.05) is 11.5 Å². The fourth-order valence-electron chi connectivity index (χ4n) is 9.00. The fraction of sp³-hybridized carbons (Fsp3) is 0.744. The molecule has 0 aliphatic heterocycles. The van der Waals surface area contributed by atoms with E-state index >= 15 is 0 Å². The van der Waals surface area contributed by atoms with Crippen LogP contribution >= 0.6 is 0 Å². The minimum atomic E-state index is -2.16. The lowest BCUT2D eigenvalue weighted by Crippen LogP contribution is -2.49. The van der Waals surface area contributed by atoms with E-state index in [4.69, 9.17) is 13.6 Å². The summed E-state index contributed by atoms with van der Waals surface area (Å²) in [7, 11) is -2.53. The molecule has 0 N–H and O–H groups in total. The maximum absolute atomic E-state index is 7.51. The van der Waals surface area contributed by atoms with Gasteiger partial charge in [-0.15, -0.1) is 0 Å². The van der Waals surface area contributed by atoms with E-state index < -0.39 is 16.6 Å². The van der Waals surface area contributed by atoms with Gasteiger partial charge in [0.1, 0.15) is 11.5 Å². The third-order valence-electron chi connectivity index (χ3n) is 13.1. The van der Waals surface area contributed by atoms with Gasteiger partial charge >= 0.3 is 0 Å². The Hall–Kier alpha value is -1.47. The number of hydrogen-bond donors (Lipinski definition) is 0. The lowest BCUT2D eigenvalue weighted by Gasteiger charge is -2.57. The molecule has 5 fully saturated rings. The molecular formula is C39H64O3Si2. The first-order chi connectivity index (χ1) is 20.2. The Morgan fingerprint density at radius 3 is 1.68 bits per heavy atom. The van der Waals surface area contributed by atoms with Crippen LogP contribution in [0.25, 0.3) is 0 Å². The third-order valence-corrected chi connectivity index (χ3v) is 21.8. The van der Waals surface area contributed by atoms with Crippen LogP contribution in [0.15, 0.2) is 36.1 Å². The fourth-order valence-corrected chi connectivity index (χ4v) is 11.0. The maximum Gasteiger partial charge on any atom is 0.250 e. The van der Waals surface area contributed by atoms with Crippen molar-refractivity contribution in [3.05, 3.63) is 47.2 Å². The van der Waals surface area contributed by atoms with Crippen molar-refractivity contribution in [3.8, 4) is 11.5 Å². The van der Waals surface area contributed by atoms with Gasteiger partial charge in [-0.3, -0.25) is 0 Å². The molecule has 0 amide bonds. The summed E-state index contributed by atoms with van der Waals surface area (Å²) in [5.41, 5.74) is 5.75. The zero-order valence-electron chi connectivity index (χ0n) is 30.4. The highest BCUT2D eigenvalue weighted by atomic mass is 28.4. The Morgan fingerprint density at radius 1 is 0.841 bits per heavy atom. The summed E-state index contributed by atoms with van der Waals surface area (Å²) < 4.78 is 20.6. The van der Waals surface area contributed by atoms with Crippen molar-refractivity contribution in [2.75, 3.05) is 7.11 Å². The molecule has 5 heteroatoms. The molecule has 0 aromatic heterocycles. The van der Waals surface area contributed by atoms with Crippen LogP contribution in [0.2, 0.25) is 36.3 Å². The topological polar surface area (TPSA) is 27.7 Å². The average Bonchev–Trinajstić information content (AvgIpc) is 2.86. The molecule has 0 heterocycles. The van der Waals surface area contributed by atoms with Gasteiger partial charge in [0.05, 0.1) is 13.4 Å². The molecule has 5 aliphatic carbocycles. The first-order valence-corrected chi connectivity index (χ1v) is 23.5. The number of allylic oxidation sites excluding steroid dienone is 2. The summed E-state index contributed by atoms with van der Waals surface area (Å²) in [6.45, 7) is 30.6. The molecule has 246 valence electrons. The van der Waals surface area contributed by atoms with E-state index in [9.17, 15) is 0 Å². The summed E-state index contributed by atoms with van der Waals surface area (Å²) in [5, 5.41) is 0.200. The molecule has 0 unspecified atom stereocenters. The molecular weight excluding hydrogens is 573 g/mol. The molecule has 44 heavy (non-hydrogen) atoms. The zero-order valence-corrected chi connectivity index (χ0v) is 32.4. The van der Waals surface area contributed by atoms with Crippen molar-refractivity contribution in [1.82, 2.24) is 0 Å². The van der Waals surface area contributed by atoms with E-state index in [2.05, 4.69) is 93.4 Å². The Bertz CT molecular complexity index is 1190. The minimum Gasteiger partial charge on any atom is -0.543 e. The van der Waals surface area contributed by atoms with Gasteiger partial charge in [0.25, 0.3) is 0 Å². The van der Waals surface area contributed by atoms with E-state index in [0.29, 0.717) is 5.92 Å². The van der Waals surface area contributed by atoms with Gasteiger partial charge in [-0.05, 0) is 153 Å². The highest BCUT2D eigenvalue weighted by Gasteiger charge is 2.53. The standard InChI is InChI=1S/C39H64O3Si2/c1-26(2)32-15-14-27(25-40-9)19-33(32)36-34(41-43(10,11)37(3,4)5)20-31(21-35(36)42-44(12,13)38(6,7)8)39-22-28-16-29(23-39)18-30(17-28)24-39/h20-21,25,28-30,32-33H,1,14-19,22-24H2,2-13H3/b27-25+/t28?,29?,30?,32-,33+,39?/m0/s1. The van der Waals surface area contributed by atoms with Gasteiger partial charge in [0.2, 0.25) is 16.6 Å². The van der Waals surface area contributed by atoms with E-state index in [0.717, 1.165) is 48.5 Å². The number of rotatable bonds is 8. The van der Waals surface area contributed by atoms with Crippen molar-refractivity contribution in [2.24, 2.45) is 23.7 Å². The van der Waals surface area contributed by atoms with Crippen LogP contribution in [0.3, 0.4) is 0 Å². The molecule has 3 nitrogen and oxygen atoms in total. The Balaban J connectivity index is 1.76. The van der Waals surface area contributed by atoms with Gasteiger partial charge in [-0.25, -0.2) is 0 Å². The second-order valence-corrected chi connectivity index (χ2v) is 28.1. The van der Waals surface area contributed by atoms with Crippen molar-refractivity contribution in [2.45, 2.75) is 154 Å². The summed E-state index contributed by atoms with van der Waals surface area (Å²) in [6, 6.07) is 5.09. The van der Waals surface area contributed by atoms with Gasteiger partial charge in [-0.1, -0.05) is 53.7 Å². The molecule has 2 atom stereocenters.